The third kappa shape index (κ3) is 4.97. The smallest absolute Gasteiger partial charge is 0.387 e. The Balaban J connectivity index is 1.61. The molecule has 1 saturated heterocycles. The maximum Gasteiger partial charge on any atom is 0.387 e. The molecule has 1 N–H and O–H groups in total. The first kappa shape index (κ1) is 20.5. The summed E-state index contributed by atoms with van der Waals surface area (Å²) in [5.41, 5.74) is 1.81. The lowest BCUT2D eigenvalue weighted by atomic mass is 10.1. The van der Waals surface area contributed by atoms with E-state index < -0.39 is 6.61 Å². The maximum absolute atomic E-state index is 12.6. The van der Waals surface area contributed by atoms with Crippen molar-refractivity contribution >= 4 is 17.3 Å². The molecule has 0 radical (unpaired) electrons. The first-order valence-electron chi connectivity index (χ1n) is 8.93. The summed E-state index contributed by atoms with van der Waals surface area (Å²) in [5, 5.41) is 4.13. The van der Waals surface area contributed by atoms with E-state index in [2.05, 4.69) is 15.0 Å². The highest BCUT2D eigenvalue weighted by Crippen LogP contribution is 2.33. The quantitative estimate of drug-likeness (QED) is 0.699. The van der Waals surface area contributed by atoms with Crippen LogP contribution in [-0.4, -0.2) is 40.0 Å². The molecule has 0 aliphatic carbocycles. The van der Waals surface area contributed by atoms with Crippen molar-refractivity contribution in [3.63, 3.8) is 0 Å². The van der Waals surface area contributed by atoms with Crippen molar-refractivity contribution in [2.75, 3.05) is 32.2 Å². The Kier molecular flexibility index (Phi) is 6.80. The number of nitrogens with zero attached hydrogens (tertiary/aromatic N) is 1. The molecule has 5 nitrogen and oxygen atoms in total. The van der Waals surface area contributed by atoms with Gasteiger partial charge in [0.15, 0.2) is 11.5 Å². The van der Waals surface area contributed by atoms with E-state index in [4.69, 9.17) is 21.1 Å². The normalized spacial score (nSPS) is 16.5. The van der Waals surface area contributed by atoms with Crippen LogP contribution in [0.15, 0.2) is 36.4 Å². The second-order valence-corrected chi connectivity index (χ2v) is 6.93. The lowest BCUT2D eigenvalue weighted by Crippen LogP contribution is -2.32. The molecule has 2 aromatic carbocycles. The Labute approximate surface area is 168 Å². The minimum atomic E-state index is -2.90. The zero-order valence-electron chi connectivity index (χ0n) is 15.8. The van der Waals surface area contributed by atoms with Gasteiger partial charge in [-0.3, -0.25) is 0 Å². The highest BCUT2D eigenvalue weighted by atomic mass is 35.5. The van der Waals surface area contributed by atoms with Gasteiger partial charge in [-0.15, -0.1) is 0 Å². The Hall–Kier alpha value is -2.25. The zero-order valence-corrected chi connectivity index (χ0v) is 16.5. The lowest BCUT2D eigenvalue weighted by molar-refractivity contribution is -0.0512. The van der Waals surface area contributed by atoms with Crippen molar-refractivity contribution in [1.82, 2.24) is 5.32 Å². The summed E-state index contributed by atoms with van der Waals surface area (Å²) in [6, 6.07) is 10.9. The summed E-state index contributed by atoms with van der Waals surface area (Å²) in [5.74, 6) is 1.10. The minimum absolute atomic E-state index is 0.0357. The second-order valence-electron chi connectivity index (χ2n) is 6.49. The summed E-state index contributed by atoms with van der Waals surface area (Å²) in [6.07, 6.45) is 0.951. The highest BCUT2D eigenvalue weighted by molar-refractivity contribution is 6.30. The van der Waals surface area contributed by atoms with Gasteiger partial charge in [0.1, 0.15) is 5.75 Å². The standard InChI is InChI=1S/C20H23ClF2N2O3/c1-26-17-6-4-14(21)10-16(17)25-8-7-15(12-25)24-11-13-3-5-18(27-2)19(9-13)28-20(22)23/h3-6,9-10,15,20,24H,7-8,11-12H2,1-2H3. The fourth-order valence-electron chi connectivity index (χ4n) is 3.34. The number of hydrogen-bond acceptors (Lipinski definition) is 5. The molecule has 8 heteroatoms. The largest absolute Gasteiger partial charge is 0.495 e. The number of hydrogen-bond donors (Lipinski definition) is 1. The molecule has 1 heterocycles. The number of halogens is 3. The molecule has 28 heavy (non-hydrogen) atoms. The average Bonchev–Trinajstić information content (AvgIpc) is 3.15. The van der Waals surface area contributed by atoms with Gasteiger partial charge in [-0.05, 0) is 42.3 Å². The molecule has 0 saturated carbocycles. The van der Waals surface area contributed by atoms with Gasteiger partial charge in [-0.25, -0.2) is 0 Å². The molecule has 1 aliphatic rings. The molecule has 1 aliphatic heterocycles. The van der Waals surface area contributed by atoms with Crippen LogP contribution in [0.2, 0.25) is 5.02 Å². The van der Waals surface area contributed by atoms with E-state index >= 15 is 0 Å². The van der Waals surface area contributed by atoms with Crippen LogP contribution in [0.25, 0.3) is 0 Å². The average molecular weight is 413 g/mol. The monoisotopic (exact) mass is 412 g/mol. The van der Waals surface area contributed by atoms with Gasteiger partial charge in [-0.2, -0.15) is 8.78 Å². The molecule has 0 spiro atoms. The molecule has 1 fully saturated rings. The summed E-state index contributed by atoms with van der Waals surface area (Å²) in [6.45, 7) is -0.688. The molecule has 0 bridgehead atoms. The summed E-state index contributed by atoms with van der Waals surface area (Å²) < 4.78 is 40.2. The van der Waals surface area contributed by atoms with E-state index in [0.29, 0.717) is 11.6 Å². The van der Waals surface area contributed by atoms with Crippen LogP contribution in [0.3, 0.4) is 0 Å². The number of nitrogens with one attached hydrogen (secondary N) is 1. The first-order valence-corrected chi connectivity index (χ1v) is 9.31. The summed E-state index contributed by atoms with van der Waals surface area (Å²) >= 11 is 6.13. The number of methoxy groups -OCH3 is 2. The van der Waals surface area contributed by atoms with E-state index in [1.807, 2.05) is 18.2 Å². The molecule has 1 atom stereocenters. The van der Waals surface area contributed by atoms with Crippen molar-refractivity contribution in [3.8, 4) is 17.2 Å². The maximum atomic E-state index is 12.6. The summed E-state index contributed by atoms with van der Waals surface area (Å²) in [7, 11) is 3.06. The van der Waals surface area contributed by atoms with Crippen molar-refractivity contribution in [2.45, 2.75) is 25.6 Å². The van der Waals surface area contributed by atoms with Crippen LogP contribution in [-0.2, 0) is 6.54 Å². The third-order valence-corrected chi connectivity index (χ3v) is 4.94. The van der Waals surface area contributed by atoms with Crippen LogP contribution in [0.5, 0.6) is 17.2 Å². The highest BCUT2D eigenvalue weighted by Gasteiger charge is 2.24. The second kappa shape index (κ2) is 9.30. The molecular formula is C20H23ClF2N2O3. The lowest BCUT2D eigenvalue weighted by Gasteiger charge is -2.22. The first-order chi connectivity index (χ1) is 13.5. The van der Waals surface area contributed by atoms with Crippen molar-refractivity contribution < 1.29 is 23.0 Å². The molecule has 1 unspecified atom stereocenters. The van der Waals surface area contributed by atoms with Crippen LogP contribution in [0.1, 0.15) is 12.0 Å². The van der Waals surface area contributed by atoms with E-state index in [1.165, 1.54) is 7.11 Å². The van der Waals surface area contributed by atoms with Gasteiger partial charge in [0, 0.05) is 30.7 Å². The van der Waals surface area contributed by atoms with Crippen LogP contribution >= 0.6 is 11.6 Å². The minimum Gasteiger partial charge on any atom is -0.495 e. The molecule has 3 rings (SSSR count). The van der Waals surface area contributed by atoms with E-state index in [1.54, 1.807) is 25.3 Å². The number of alkyl halides is 2. The SMILES string of the molecule is COc1ccc(CNC2CCN(c3cc(Cl)ccc3OC)C2)cc1OC(F)F. The Bertz CT molecular complexity index is 807. The van der Waals surface area contributed by atoms with Gasteiger partial charge in [0.25, 0.3) is 0 Å². The Morgan fingerprint density at radius 3 is 2.57 bits per heavy atom. The number of benzene rings is 2. The Morgan fingerprint density at radius 2 is 1.86 bits per heavy atom. The zero-order chi connectivity index (χ0) is 20.1. The van der Waals surface area contributed by atoms with Crippen molar-refractivity contribution in [3.05, 3.63) is 47.0 Å². The van der Waals surface area contributed by atoms with E-state index in [-0.39, 0.29) is 17.5 Å². The van der Waals surface area contributed by atoms with E-state index in [9.17, 15) is 8.78 Å². The van der Waals surface area contributed by atoms with Crippen LogP contribution in [0, 0.1) is 0 Å². The van der Waals surface area contributed by atoms with Gasteiger partial charge >= 0.3 is 6.61 Å². The van der Waals surface area contributed by atoms with Gasteiger partial charge in [0.2, 0.25) is 0 Å². The molecular weight excluding hydrogens is 390 g/mol. The molecule has 152 valence electrons. The number of anilines is 1. The molecule has 0 amide bonds. The Morgan fingerprint density at radius 1 is 1.11 bits per heavy atom. The van der Waals surface area contributed by atoms with Crippen molar-refractivity contribution in [2.24, 2.45) is 0 Å². The number of ether oxygens (including phenoxy) is 3. The molecule has 0 aromatic heterocycles. The van der Waals surface area contributed by atoms with Crippen molar-refractivity contribution in [1.29, 1.82) is 0 Å². The predicted octanol–water partition coefficient (Wildman–Crippen LogP) is 4.33. The van der Waals surface area contributed by atoms with Crippen LogP contribution in [0.4, 0.5) is 14.5 Å². The molecule has 2 aromatic rings. The van der Waals surface area contributed by atoms with Gasteiger partial charge in [-0.1, -0.05) is 17.7 Å². The third-order valence-electron chi connectivity index (χ3n) is 4.71. The number of rotatable bonds is 8. The fraction of sp³-hybridized carbons (Fsp3) is 0.400. The van der Waals surface area contributed by atoms with Gasteiger partial charge in [0.05, 0.1) is 19.9 Å². The fourth-order valence-corrected chi connectivity index (χ4v) is 3.50. The van der Waals surface area contributed by atoms with Crippen LogP contribution < -0.4 is 24.4 Å². The summed E-state index contributed by atoms with van der Waals surface area (Å²) in [4.78, 5) is 2.22. The van der Waals surface area contributed by atoms with E-state index in [0.717, 1.165) is 36.5 Å². The predicted molar refractivity (Wildman–Crippen MR) is 105 cm³/mol. The topological polar surface area (TPSA) is 43.0 Å². The van der Waals surface area contributed by atoms with Gasteiger partial charge < -0.3 is 24.4 Å².